The topological polar surface area (TPSA) is 29.5 Å². The molecule has 1 aliphatic heterocycles. The van der Waals surface area contributed by atoms with Crippen LogP contribution in [-0.4, -0.2) is 28.5 Å². The van der Waals surface area contributed by atoms with Gasteiger partial charge >= 0.3 is 0 Å². The van der Waals surface area contributed by atoms with Crippen LogP contribution in [0.1, 0.15) is 26.2 Å². The van der Waals surface area contributed by atoms with Crippen LogP contribution in [0, 0.1) is 17.5 Å². The first kappa shape index (κ1) is 15.5. The minimum Gasteiger partial charge on any atom is -0.573 e. The molecule has 1 aromatic carbocycles. The highest BCUT2D eigenvalue weighted by atomic mass is 32.2. The second-order valence-corrected chi connectivity index (χ2v) is 6.41. The Labute approximate surface area is 119 Å². The molecular weight excluding hydrogens is 289 g/mol. The van der Waals surface area contributed by atoms with Crippen molar-refractivity contribution in [2.75, 3.05) is 17.9 Å². The fourth-order valence-corrected chi connectivity index (χ4v) is 3.72. The summed E-state index contributed by atoms with van der Waals surface area (Å²) in [6.07, 6.45) is 2.85. The summed E-state index contributed by atoms with van der Waals surface area (Å²) in [6, 6.07) is 1.26. The standard InChI is InChI=1S/C13H17F3N2OS/c1-9-5-3-4-6-18(9)20(19)17(2)13-11(15)7-10(14)8-12(13)16/h7-9H,3-6H2,1-2H3. The fraction of sp³-hybridized carbons (Fsp3) is 0.538. The summed E-state index contributed by atoms with van der Waals surface area (Å²) in [5.74, 6) is -3.10. The van der Waals surface area contributed by atoms with Gasteiger partial charge in [0.2, 0.25) is 0 Å². The van der Waals surface area contributed by atoms with Crippen LogP contribution < -0.4 is 4.31 Å². The van der Waals surface area contributed by atoms with E-state index in [2.05, 4.69) is 0 Å². The Hall–Kier alpha value is -0.920. The molecule has 7 heteroatoms. The summed E-state index contributed by atoms with van der Waals surface area (Å²) in [4.78, 5) is 0. The average Bonchev–Trinajstić information content (AvgIpc) is 2.37. The lowest BCUT2D eigenvalue weighted by molar-refractivity contribution is 0.268. The molecule has 1 fully saturated rings. The number of benzene rings is 1. The van der Waals surface area contributed by atoms with Crippen LogP contribution >= 0.6 is 0 Å². The lowest BCUT2D eigenvalue weighted by Crippen LogP contribution is -2.49. The molecule has 1 aromatic rings. The van der Waals surface area contributed by atoms with Crippen molar-refractivity contribution < 1.29 is 17.7 Å². The van der Waals surface area contributed by atoms with Crippen LogP contribution in [0.2, 0.25) is 0 Å². The van der Waals surface area contributed by atoms with E-state index in [0.29, 0.717) is 18.7 Å². The van der Waals surface area contributed by atoms with Gasteiger partial charge in [-0.1, -0.05) is 6.42 Å². The molecule has 0 aromatic heterocycles. The van der Waals surface area contributed by atoms with Gasteiger partial charge in [0, 0.05) is 18.7 Å². The van der Waals surface area contributed by atoms with E-state index in [1.807, 2.05) is 6.92 Å². The number of hydrogen-bond acceptors (Lipinski definition) is 3. The van der Waals surface area contributed by atoms with Crippen molar-refractivity contribution >= 4 is 17.2 Å². The molecule has 112 valence electrons. The van der Waals surface area contributed by atoms with Crippen molar-refractivity contribution in [2.45, 2.75) is 32.2 Å². The molecule has 0 saturated carbocycles. The fourth-order valence-electron chi connectivity index (χ4n) is 2.37. The highest BCUT2D eigenvalue weighted by Crippen LogP contribution is 2.29. The van der Waals surface area contributed by atoms with Crippen LogP contribution in [0.15, 0.2) is 12.1 Å². The predicted octanol–water partition coefficient (Wildman–Crippen LogP) is 2.99. The molecule has 1 saturated heterocycles. The summed E-state index contributed by atoms with van der Waals surface area (Å²) >= 11 is -1.70. The second-order valence-electron chi connectivity index (χ2n) is 4.93. The molecule has 0 radical (unpaired) electrons. The second kappa shape index (κ2) is 6.24. The zero-order valence-electron chi connectivity index (χ0n) is 11.4. The van der Waals surface area contributed by atoms with Crippen LogP contribution in [-0.2, 0) is 11.5 Å². The minimum atomic E-state index is -1.70. The lowest BCUT2D eigenvalue weighted by Gasteiger charge is -2.35. The molecule has 2 unspecified atom stereocenters. The summed E-state index contributed by atoms with van der Waals surface area (Å²) < 4.78 is 55.5. The molecule has 3 nitrogen and oxygen atoms in total. The lowest BCUT2D eigenvalue weighted by atomic mass is 10.1. The van der Waals surface area contributed by atoms with Gasteiger partial charge in [-0.05, 0) is 19.8 Å². The maximum Gasteiger partial charge on any atom is 0.169 e. The quantitative estimate of drug-likeness (QED) is 0.804. The van der Waals surface area contributed by atoms with Gasteiger partial charge in [-0.25, -0.2) is 13.2 Å². The van der Waals surface area contributed by atoms with E-state index in [-0.39, 0.29) is 6.04 Å². The SMILES string of the molecule is CC1CCCCN1[S+]([O-])N(C)c1c(F)cc(F)cc1F. The number of hydrogen-bond donors (Lipinski definition) is 0. The minimum absolute atomic E-state index is 0.0820. The van der Waals surface area contributed by atoms with E-state index in [1.54, 1.807) is 4.31 Å². The maximum absolute atomic E-state index is 13.7. The molecule has 0 N–H and O–H groups in total. The number of piperidine rings is 1. The zero-order chi connectivity index (χ0) is 14.9. The van der Waals surface area contributed by atoms with Crippen LogP contribution in [0.4, 0.5) is 18.9 Å². The third-order valence-corrected chi connectivity index (χ3v) is 5.07. The number of halogens is 3. The van der Waals surface area contributed by atoms with Gasteiger partial charge in [-0.15, -0.1) is 4.31 Å². The third kappa shape index (κ3) is 3.05. The van der Waals surface area contributed by atoms with Crippen LogP contribution in [0.3, 0.4) is 0 Å². The Morgan fingerprint density at radius 1 is 1.25 bits per heavy atom. The first-order valence-electron chi connectivity index (χ1n) is 6.48. The van der Waals surface area contributed by atoms with E-state index in [0.717, 1.165) is 23.6 Å². The van der Waals surface area contributed by atoms with Gasteiger partial charge < -0.3 is 4.55 Å². The van der Waals surface area contributed by atoms with E-state index in [4.69, 9.17) is 0 Å². The summed E-state index contributed by atoms with van der Waals surface area (Å²) in [5.41, 5.74) is -0.470. The van der Waals surface area contributed by atoms with E-state index < -0.39 is 34.7 Å². The van der Waals surface area contributed by atoms with Crippen molar-refractivity contribution in [3.63, 3.8) is 0 Å². The van der Waals surface area contributed by atoms with Gasteiger partial charge in [-0.3, -0.25) is 0 Å². The normalized spacial score (nSPS) is 21.8. The monoisotopic (exact) mass is 306 g/mol. The molecule has 0 spiro atoms. The zero-order valence-corrected chi connectivity index (χ0v) is 12.2. The Morgan fingerprint density at radius 2 is 1.85 bits per heavy atom. The average molecular weight is 306 g/mol. The van der Waals surface area contributed by atoms with Crippen molar-refractivity contribution in [3.05, 3.63) is 29.6 Å². The Morgan fingerprint density at radius 3 is 2.40 bits per heavy atom. The van der Waals surface area contributed by atoms with E-state index in [1.165, 1.54) is 7.05 Å². The molecule has 2 atom stereocenters. The summed E-state index contributed by atoms with van der Waals surface area (Å²) in [5, 5.41) is 0. The van der Waals surface area contributed by atoms with Gasteiger partial charge in [0.1, 0.15) is 5.82 Å². The molecule has 1 heterocycles. The highest BCUT2D eigenvalue weighted by molar-refractivity contribution is 7.90. The molecule has 2 rings (SSSR count). The van der Waals surface area contributed by atoms with Crippen molar-refractivity contribution in [3.8, 4) is 0 Å². The van der Waals surface area contributed by atoms with Crippen LogP contribution in [0.25, 0.3) is 0 Å². The van der Waals surface area contributed by atoms with E-state index in [9.17, 15) is 17.7 Å². The van der Waals surface area contributed by atoms with Gasteiger partial charge in [0.05, 0.1) is 13.1 Å². The number of rotatable bonds is 3. The highest BCUT2D eigenvalue weighted by Gasteiger charge is 2.34. The molecule has 1 aliphatic rings. The third-order valence-electron chi connectivity index (χ3n) is 3.47. The smallest absolute Gasteiger partial charge is 0.169 e. The number of nitrogens with zero attached hydrogens (tertiary/aromatic N) is 2. The molecule has 0 amide bonds. The molecule has 20 heavy (non-hydrogen) atoms. The Balaban J connectivity index is 2.24. The Kier molecular flexibility index (Phi) is 4.82. The van der Waals surface area contributed by atoms with Gasteiger partial charge in [-0.2, -0.15) is 4.31 Å². The van der Waals surface area contributed by atoms with Gasteiger partial charge in [0.15, 0.2) is 28.9 Å². The summed E-state index contributed by atoms with van der Waals surface area (Å²) in [6.45, 7) is 2.55. The predicted molar refractivity (Wildman–Crippen MR) is 72.9 cm³/mol. The van der Waals surface area contributed by atoms with Crippen molar-refractivity contribution in [1.29, 1.82) is 0 Å². The molecule has 0 aliphatic carbocycles. The number of anilines is 1. The molecule has 0 bridgehead atoms. The first-order valence-corrected chi connectivity index (χ1v) is 7.55. The first-order chi connectivity index (χ1) is 9.41. The van der Waals surface area contributed by atoms with E-state index >= 15 is 0 Å². The van der Waals surface area contributed by atoms with Gasteiger partial charge in [0.25, 0.3) is 0 Å². The van der Waals surface area contributed by atoms with Crippen molar-refractivity contribution in [2.24, 2.45) is 0 Å². The Bertz CT molecular complexity index is 466. The van der Waals surface area contributed by atoms with Crippen LogP contribution in [0.5, 0.6) is 0 Å². The largest absolute Gasteiger partial charge is 0.573 e. The van der Waals surface area contributed by atoms with Crippen molar-refractivity contribution in [1.82, 2.24) is 4.31 Å². The summed E-state index contributed by atoms with van der Waals surface area (Å²) in [7, 11) is 1.34. The molecular formula is C13H17F3N2OS. The maximum atomic E-state index is 13.7.